The Labute approximate surface area is 166 Å². The molecule has 1 heterocycles. The van der Waals surface area contributed by atoms with Gasteiger partial charge in [0.05, 0.1) is 11.1 Å². The zero-order valence-electron chi connectivity index (χ0n) is 14.6. The maximum Gasteiger partial charge on any atom is 0.339 e. The first kappa shape index (κ1) is 19.1. The molecule has 0 fully saturated rings. The van der Waals surface area contributed by atoms with Gasteiger partial charge in [0.25, 0.3) is 5.91 Å². The number of anilines is 1. The van der Waals surface area contributed by atoms with Crippen LogP contribution in [0.5, 0.6) is 0 Å². The van der Waals surface area contributed by atoms with Crippen LogP contribution >= 0.6 is 23.2 Å². The van der Waals surface area contributed by atoms with Gasteiger partial charge in [-0.2, -0.15) is 0 Å². The van der Waals surface area contributed by atoms with Gasteiger partial charge >= 0.3 is 5.97 Å². The summed E-state index contributed by atoms with van der Waals surface area (Å²) in [6.45, 7) is 3.29. The van der Waals surface area contributed by atoms with E-state index >= 15 is 0 Å². The number of nitrogens with one attached hydrogen (secondary N) is 1. The summed E-state index contributed by atoms with van der Waals surface area (Å²) in [5.41, 5.74) is 2.12. The summed E-state index contributed by atoms with van der Waals surface area (Å²) in [6, 6.07) is 13.7. The fraction of sp³-hybridized carbons (Fsp3) is 0.150. The van der Waals surface area contributed by atoms with Gasteiger partial charge in [-0.25, -0.2) is 9.78 Å². The van der Waals surface area contributed by atoms with Crippen molar-refractivity contribution in [3.8, 4) is 0 Å². The highest BCUT2D eigenvalue weighted by molar-refractivity contribution is 6.32. The third-order valence-electron chi connectivity index (χ3n) is 4.08. The predicted octanol–water partition coefficient (Wildman–Crippen LogP) is 5.03. The van der Waals surface area contributed by atoms with E-state index in [1.807, 2.05) is 0 Å². The van der Waals surface area contributed by atoms with E-state index in [9.17, 15) is 9.59 Å². The van der Waals surface area contributed by atoms with E-state index in [1.165, 1.54) is 13.0 Å². The first-order valence-electron chi connectivity index (χ1n) is 8.19. The van der Waals surface area contributed by atoms with Crippen LogP contribution < -0.4 is 5.32 Å². The lowest BCUT2D eigenvalue weighted by molar-refractivity contribution is -0.123. The Hall–Kier alpha value is -2.63. The Kier molecular flexibility index (Phi) is 5.63. The van der Waals surface area contributed by atoms with Crippen molar-refractivity contribution in [2.45, 2.75) is 20.0 Å². The Balaban J connectivity index is 1.78. The summed E-state index contributed by atoms with van der Waals surface area (Å²) in [4.78, 5) is 29.2. The maximum atomic E-state index is 12.6. The lowest BCUT2D eigenvalue weighted by Crippen LogP contribution is -2.30. The molecule has 1 N–H and O–H groups in total. The molecule has 3 aromatic rings. The molecule has 1 aromatic heterocycles. The standard InChI is InChI=1S/C20H16Cl2N2O3/c1-11-15(21)7-5-9-16(11)24-19(25)12(2)27-20(26)14-10-18(22)23-17-8-4-3-6-13(14)17/h3-10,12H,1-2H3,(H,24,25)/t12-/m0/s1. The first-order valence-corrected chi connectivity index (χ1v) is 8.94. The zero-order valence-corrected chi connectivity index (χ0v) is 16.1. The number of fused-ring (bicyclic) bond motifs is 1. The fourth-order valence-electron chi connectivity index (χ4n) is 2.57. The molecule has 5 nitrogen and oxygen atoms in total. The number of hydrogen-bond donors (Lipinski definition) is 1. The number of aromatic nitrogens is 1. The smallest absolute Gasteiger partial charge is 0.339 e. The molecular formula is C20H16Cl2N2O3. The third kappa shape index (κ3) is 4.21. The first-order chi connectivity index (χ1) is 12.9. The van der Waals surface area contributed by atoms with Crippen molar-refractivity contribution in [1.29, 1.82) is 0 Å². The summed E-state index contributed by atoms with van der Waals surface area (Å²) in [5, 5.41) is 4.03. The summed E-state index contributed by atoms with van der Waals surface area (Å²) in [5.74, 6) is -1.11. The number of halogens is 2. The normalized spacial score (nSPS) is 11.9. The van der Waals surface area contributed by atoms with Crippen LogP contribution in [0.2, 0.25) is 10.2 Å². The topological polar surface area (TPSA) is 68.3 Å². The van der Waals surface area contributed by atoms with Crippen LogP contribution in [0.1, 0.15) is 22.8 Å². The van der Waals surface area contributed by atoms with Crippen LogP contribution in [0.15, 0.2) is 48.5 Å². The van der Waals surface area contributed by atoms with Crippen LogP contribution in [0.4, 0.5) is 5.69 Å². The number of ether oxygens (including phenoxy) is 1. The van der Waals surface area contributed by atoms with Crippen molar-refractivity contribution in [2.75, 3.05) is 5.32 Å². The van der Waals surface area contributed by atoms with Crippen molar-refractivity contribution in [1.82, 2.24) is 4.98 Å². The molecule has 138 valence electrons. The Bertz CT molecular complexity index is 1040. The minimum Gasteiger partial charge on any atom is -0.449 e. The van der Waals surface area contributed by atoms with Crippen LogP contribution in [0, 0.1) is 6.92 Å². The number of para-hydroxylation sites is 1. The summed E-state index contributed by atoms with van der Waals surface area (Å²) in [6.07, 6.45) is -1.01. The second kappa shape index (κ2) is 7.94. The van der Waals surface area contributed by atoms with Crippen LogP contribution in [0.3, 0.4) is 0 Å². The van der Waals surface area contributed by atoms with Gasteiger partial charge in [-0.3, -0.25) is 4.79 Å². The average molecular weight is 403 g/mol. The van der Waals surface area contributed by atoms with Gasteiger partial charge < -0.3 is 10.1 Å². The van der Waals surface area contributed by atoms with Gasteiger partial charge in [0, 0.05) is 16.1 Å². The molecule has 0 unspecified atom stereocenters. The van der Waals surface area contributed by atoms with Crippen molar-refractivity contribution in [3.63, 3.8) is 0 Å². The molecular weight excluding hydrogens is 387 g/mol. The van der Waals surface area contributed by atoms with Gasteiger partial charge in [-0.15, -0.1) is 0 Å². The molecule has 1 atom stereocenters. The van der Waals surface area contributed by atoms with Crippen LogP contribution in [-0.2, 0) is 9.53 Å². The molecule has 0 spiro atoms. The SMILES string of the molecule is Cc1c(Cl)cccc1NC(=O)[C@H](C)OC(=O)c1cc(Cl)nc2ccccc12. The quantitative estimate of drug-likeness (QED) is 0.490. The highest BCUT2D eigenvalue weighted by Crippen LogP contribution is 2.24. The van der Waals surface area contributed by atoms with Crippen molar-refractivity contribution in [3.05, 3.63) is 69.8 Å². The molecule has 7 heteroatoms. The molecule has 2 aromatic carbocycles. The number of rotatable bonds is 4. The van der Waals surface area contributed by atoms with Gasteiger partial charge in [0.2, 0.25) is 0 Å². The Morgan fingerprint density at radius 2 is 1.85 bits per heavy atom. The fourth-order valence-corrected chi connectivity index (χ4v) is 2.94. The number of carbonyl (C=O) groups excluding carboxylic acids is 2. The minimum atomic E-state index is -1.01. The largest absolute Gasteiger partial charge is 0.449 e. The monoisotopic (exact) mass is 402 g/mol. The molecule has 1 amide bonds. The molecule has 0 aliphatic carbocycles. The number of pyridine rings is 1. The predicted molar refractivity (Wildman–Crippen MR) is 106 cm³/mol. The lowest BCUT2D eigenvalue weighted by atomic mass is 10.1. The van der Waals surface area contributed by atoms with Gasteiger partial charge in [-0.1, -0.05) is 47.5 Å². The van der Waals surface area contributed by atoms with E-state index < -0.39 is 18.0 Å². The van der Waals surface area contributed by atoms with Crippen molar-refractivity contribution >= 4 is 51.7 Å². The van der Waals surface area contributed by atoms with E-state index in [1.54, 1.807) is 49.4 Å². The van der Waals surface area contributed by atoms with Gasteiger partial charge in [-0.05, 0) is 43.7 Å². The molecule has 0 bridgehead atoms. The molecule has 0 saturated carbocycles. The Morgan fingerprint density at radius 3 is 2.63 bits per heavy atom. The molecule has 3 rings (SSSR count). The Morgan fingerprint density at radius 1 is 1.11 bits per heavy atom. The third-order valence-corrected chi connectivity index (χ3v) is 4.69. The lowest BCUT2D eigenvalue weighted by Gasteiger charge is -2.16. The summed E-state index contributed by atoms with van der Waals surface area (Å²) < 4.78 is 5.33. The summed E-state index contributed by atoms with van der Waals surface area (Å²) in [7, 11) is 0. The minimum absolute atomic E-state index is 0.173. The maximum absolute atomic E-state index is 12.6. The van der Waals surface area contributed by atoms with Crippen molar-refractivity contribution < 1.29 is 14.3 Å². The molecule has 0 saturated heterocycles. The number of esters is 1. The average Bonchev–Trinajstić information content (AvgIpc) is 2.64. The van der Waals surface area contributed by atoms with Crippen LogP contribution in [0.25, 0.3) is 10.9 Å². The second-order valence-electron chi connectivity index (χ2n) is 5.96. The second-order valence-corrected chi connectivity index (χ2v) is 6.75. The summed E-state index contributed by atoms with van der Waals surface area (Å²) >= 11 is 12.1. The number of carbonyl (C=O) groups is 2. The van der Waals surface area contributed by atoms with E-state index in [0.717, 1.165) is 5.56 Å². The highest BCUT2D eigenvalue weighted by Gasteiger charge is 2.22. The highest BCUT2D eigenvalue weighted by atomic mass is 35.5. The number of hydrogen-bond acceptors (Lipinski definition) is 4. The zero-order chi connectivity index (χ0) is 19.6. The molecule has 27 heavy (non-hydrogen) atoms. The molecule has 0 aliphatic rings. The number of nitrogens with zero attached hydrogens (tertiary/aromatic N) is 1. The van der Waals surface area contributed by atoms with E-state index in [4.69, 9.17) is 27.9 Å². The van der Waals surface area contributed by atoms with Crippen molar-refractivity contribution in [2.24, 2.45) is 0 Å². The number of amides is 1. The van der Waals surface area contributed by atoms with E-state index in [0.29, 0.717) is 21.6 Å². The van der Waals surface area contributed by atoms with E-state index in [2.05, 4.69) is 10.3 Å². The molecule has 0 radical (unpaired) electrons. The number of benzene rings is 2. The van der Waals surface area contributed by atoms with E-state index in [-0.39, 0.29) is 10.7 Å². The van der Waals surface area contributed by atoms with Crippen LogP contribution in [-0.4, -0.2) is 23.0 Å². The van der Waals surface area contributed by atoms with Gasteiger partial charge in [0.1, 0.15) is 5.15 Å². The molecule has 0 aliphatic heterocycles. The van der Waals surface area contributed by atoms with Gasteiger partial charge in [0.15, 0.2) is 6.10 Å².